The Bertz CT molecular complexity index is 590. The van der Waals surface area contributed by atoms with E-state index < -0.39 is 6.10 Å². The minimum Gasteiger partial charge on any atom is -0.481 e. The van der Waals surface area contributed by atoms with Crippen LogP contribution < -0.4 is 10.1 Å². The second-order valence-electron chi connectivity index (χ2n) is 4.51. The van der Waals surface area contributed by atoms with Gasteiger partial charge in [-0.3, -0.25) is 9.78 Å². The first-order chi connectivity index (χ1) is 10.2. The summed E-state index contributed by atoms with van der Waals surface area (Å²) in [6.07, 6.45) is 1.72. The van der Waals surface area contributed by atoms with Gasteiger partial charge in [0.05, 0.1) is 12.2 Å². The topological polar surface area (TPSA) is 51.2 Å². The summed E-state index contributed by atoms with van der Waals surface area (Å²) in [5, 5.41) is 3.41. The molecule has 2 aromatic rings. The third-order valence-corrected chi connectivity index (χ3v) is 3.14. The number of benzene rings is 1. The first-order valence-electron chi connectivity index (χ1n) is 6.79. The number of hydrogen-bond donors (Lipinski definition) is 1. The minimum absolute atomic E-state index is 0.164. The minimum atomic E-state index is -0.549. The Hall–Kier alpha value is -2.07. The highest BCUT2D eigenvalue weighted by molar-refractivity contribution is 6.30. The first-order valence-corrected chi connectivity index (χ1v) is 7.16. The number of hydrogen-bond acceptors (Lipinski definition) is 3. The molecule has 4 nitrogen and oxygen atoms in total. The summed E-state index contributed by atoms with van der Waals surface area (Å²) < 4.78 is 5.68. The molecule has 0 bridgehead atoms. The van der Waals surface area contributed by atoms with Crippen LogP contribution in [0.2, 0.25) is 5.02 Å². The van der Waals surface area contributed by atoms with Gasteiger partial charge in [0.1, 0.15) is 5.75 Å². The van der Waals surface area contributed by atoms with Crippen LogP contribution in [0.15, 0.2) is 48.7 Å². The largest absolute Gasteiger partial charge is 0.481 e. The van der Waals surface area contributed by atoms with Crippen LogP contribution in [0, 0.1) is 0 Å². The highest BCUT2D eigenvalue weighted by atomic mass is 35.5. The lowest BCUT2D eigenvalue weighted by atomic mass is 10.2. The Morgan fingerprint density at radius 1 is 1.33 bits per heavy atom. The summed E-state index contributed by atoms with van der Waals surface area (Å²) in [7, 11) is 0. The number of carbonyl (C=O) groups excluding carboxylic acids is 1. The molecule has 2 rings (SSSR count). The molecule has 5 heteroatoms. The number of nitrogens with zero attached hydrogens (tertiary/aromatic N) is 1. The SMILES string of the molecule is CC[C@@H](Oc1cccc(Cl)c1)C(=O)NCc1ccccn1. The molecule has 0 fully saturated rings. The standard InChI is InChI=1S/C16H17ClN2O2/c1-2-15(21-14-8-5-6-12(17)10-14)16(20)19-11-13-7-3-4-9-18-13/h3-10,15H,2,11H2,1H3,(H,19,20)/t15-/m1/s1. The van der Waals surface area contributed by atoms with Crippen molar-refractivity contribution < 1.29 is 9.53 Å². The number of pyridine rings is 1. The highest BCUT2D eigenvalue weighted by Crippen LogP contribution is 2.19. The summed E-state index contributed by atoms with van der Waals surface area (Å²) >= 11 is 5.90. The van der Waals surface area contributed by atoms with E-state index in [0.717, 1.165) is 5.69 Å². The Morgan fingerprint density at radius 2 is 2.19 bits per heavy atom. The van der Waals surface area contributed by atoms with E-state index in [1.165, 1.54) is 0 Å². The van der Waals surface area contributed by atoms with Crippen molar-refractivity contribution in [1.82, 2.24) is 10.3 Å². The van der Waals surface area contributed by atoms with Gasteiger partial charge in [-0.25, -0.2) is 0 Å². The van der Waals surface area contributed by atoms with E-state index in [0.29, 0.717) is 23.7 Å². The molecule has 110 valence electrons. The quantitative estimate of drug-likeness (QED) is 0.891. The van der Waals surface area contributed by atoms with Gasteiger partial charge in [0.15, 0.2) is 6.10 Å². The molecule has 0 unspecified atom stereocenters. The van der Waals surface area contributed by atoms with Crippen LogP contribution in [0.1, 0.15) is 19.0 Å². The van der Waals surface area contributed by atoms with Crippen LogP contribution in [0.5, 0.6) is 5.75 Å². The third-order valence-electron chi connectivity index (χ3n) is 2.91. The van der Waals surface area contributed by atoms with Crippen LogP contribution in [0.3, 0.4) is 0 Å². The van der Waals surface area contributed by atoms with Crippen molar-refractivity contribution >= 4 is 17.5 Å². The number of carbonyl (C=O) groups is 1. The molecule has 1 aromatic heterocycles. The zero-order chi connectivity index (χ0) is 15.1. The van der Waals surface area contributed by atoms with Crippen LogP contribution in [-0.4, -0.2) is 17.0 Å². The highest BCUT2D eigenvalue weighted by Gasteiger charge is 2.18. The predicted molar refractivity (Wildman–Crippen MR) is 82.2 cm³/mol. The Kier molecular flexibility index (Phi) is 5.58. The molecule has 1 heterocycles. The molecule has 0 saturated heterocycles. The second-order valence-corrected chi connectivity index (χ2v) is 4.95. The van der Waals surface area contributed by atoms with E-state index in [4.69, 9.17) is 16.3 Å². The van der Waals surface area contributed by atoms with E-state index in [2.05, 4.69) is 10.3 Å². The zero-order valence-electron chi connectivity index (χ0n) is 11.8. The molecule has 0 radical (unpaired) electrons. The number of rotatable bonds is 6. The van der Waals surface area contributed by atoms with Gasteiger partial charge in [-0.15, -0.1) is 0 Å². The van der Waals surface area contributed by atoms with Crippen LogP contribution >= 0.6 is 11.6 Å². The summed E-state index contributed by atoms with van der Waals surface area (Å²) in [6, 6.07) is 12.6. The molecular weight excluding hydrogens is 288 g/mol. The molecule has 0 aliphatic carbocycles. The van der Waals surface area contributed by atoms with Crippen molar-refractivity contribution in [2.75, 3.05) is 0 Å². The van der Waals surface area contributed by atoms with Gasteiger partial charge in [0.25, 0.3) is 5.91 Å². The molecule has 0 saturated carbocycles. The van der Waals surface area contributed by atoms with Gasteiger partial charge in [-0.2, -0.15) is 0 Å². The Labute approximate surface area is 129 Å². The Balaban J connectivity index is 1.92. The van der Waals surface area contributed by atoms with Gasteiger partial charge in [0.2, 0.25) is 0 Å². The summed E-state index contributed by atoms with van der Waals surface area (Å²) in [6.45, 7) is 2.28. The van der Waals surface area contributed by atoms with E-state index >= 15 is 0 Å². The fourth-order valence-corrected chi connectivity index (χ4v) is 2.00. The normalized spacial score (nSPS) is 11.7. The first kappa shape index (κ1) is 15.3. The van der Waals surface area contributed by atoms with Crippen LogP contribution in [0.4, 0.5) is 0 Å². The maximum absolute atomic E-state index is 12.1. The van der Waals surface area contributed by atoms with Gasteiger partial charge in [-0.1, -0.05) is 30.7 Å². The van der Waals surface area contributed by atoms with Crippen molar-refractivity contribution in [2.24, 2.45) is 0 Å². The van der Waals surface area contributed by atoms with E-state index in [1.54, 1.807) is 30.5 Å². The molecule has 1 aromatic carbocycles. The fraction of sp³-hybridized carbons (Fsp3) is 0.250. The van der Waals surface area contributed by atoms with E-state index in [1.807, 2.05) is 25.1 Å². The molecule has 0 aliphatic heterocycles. The number of nitrogens with one attached hydrogen (secondary N) is 1. The van der Waals surface area contributed by atoms with Crippen molar-refractivity contribution in [3.63, 3.8) is 0 Å². The molecule has 21 heavy (non-hydrogen) atoms. The molecule has 1 amide bonds. The molecule has 1 N–H and O–H groups in total. The van der Waals surface area contributed by atoms with Gasteiger partial charge in [-0.05, 0) is 36.8 Å². The molecule has 1 atom stereocenters. The average Bonchev–Trinajstić information content (AvgIpc) is 2.51. The third kappa shape index (κ3) is 4.76. The van der Waals surface area contributed by atoms with Crippen molar-refractivity contribution in [3.05, 3.63) is 59.4 Å². The van der Waals surface area contributed by atoms with Crippen LogP contribution in [-0.2, 0) is 11.3 Å². The van der Waals surface area contributed by atoms with Gasteiger partial charge in [0, 0.05) is 11.2 Å². The molecule has 0 spiro atoms. The van der Waals surface area contributed by atoms with Crippen molar-refractivity contribution in [1.29, 1.82) is 0 Å². The second kappa shape index (κ2) is 7.64. The maximum Gasteiger partial charge on any atom is 0.261 e. The summed E-state index contributed by atoms with van der Waals surface area (Å²) in [5.41, 5.74) is 0.809. The number of amides is 1. The Morgan fingerprint density at radius 3 is 2.86 bits per heavy atom. The van der Waals surface area contributed by atoms with E-state index in [-0.39, 0.29) is 5.91 Å². The smallest absolute Gasteiger partial charge is 0.261 e. The van der Waals surface area contributed by atoms with Gasteiger partial charge < -0.3 is 10.1 Å². The molecular formula is C16H17ClN2O2. The van der Waals surface area contributed by atoms with Crippen molar-refractivity contribution in [3.8, 4) is 5.75 Å². The van der Waals surface area contributed by atoms with Gasteiger partial charge >= 0.3 is 0 Å². The lowest BCUT2D eigenvalue weighted by Gasteiger charge is -2.17. The average molecular weight is 305 g/mol. The molecule has 0 aliphatic rings. The number of halogens is 1. The predicted octanol–water partition coefficient (Wildman–Crippen LogP) is 3.21. The lowest BCUT2D eigenvalue weighted by molar-refractivity contribution is -0.128. The van der Waals surface area contributed by atoms with Crippen molar-refractivity contribution in [2.45, 2.75) is 26.0 Å². The summed E-state index contributed by atoms with van der Waals surface area (Å²) in [4.78, 5) is 16.3. The van der Waals surface area contributed by atoms with E-state index in [9.17, 15) is 4.79 Å². The number of ether oxygens (including phenoxy) is 1. The zero-order valence-corrected chi connectivity index (χ0v) is 12.5. The van der Waals surface area contributed by atoms with Crippen LogP contribution in [0.25, 0.3) is 0 Å². The monoisotopic (exact) mass is 304 g/mol. The summed E-state index contributed by atoms with van der Waals surface area (Å²) in [5.74, 6) is 0.422. The number of aromatic nitrogens is 1. The maximum atomic E-state index is 12.1. The lowest BCUT2D eigenvalue weighted by Crippen LogP contribution is -2.37. The fourth-order valence-electron chi connectivity index (χ4n) is 1.82.